The van der Waals surface area contributed by atoms with E-state index in [1.807, 2.05) is 0 Å². The minimum atomic E-state index is -0.518. The lowest BCUT2D eigenvalue weighted by molar-refractivity contribution is -0.384. The topological polar surface area (TPSA) is 91.5 Å². The molecule has 0 spiro atoms. The van der Waals surface area contributed by atoms with Gasteiger partial charge in [0.1, 0.15) is 6.73 Å². The highest BCUT2D eigenvalue weighted by Gasteiger charge is 2.29. The molecule has 0 unspecified atom stereocenters. The van der Waals surface area contributed by atoms with Crippen LogP contribution in [0.5, 0.6) is 5.88 Å². The number of ether oxygens (including phenoxy) is 2. The lowest BCUT2D eigenvalue weighted by atomic mass is 10.5. The summed E-state index contributed by atoms with van der Waals surface area (Å²) in [6.07, 6.45) is 0. The van der Waals surface area contributed by atoms with Crippen LogP contribution in [-0.4, -0.2) is 35.2 Å². The zero-order valence-corrected chi connectivity index (χ0v) is 8.10. The number of nitrogens with zero attached hydrogens (tertiary/aromatic N) is 3. The van der Waals surface area contributed by atoms with Crippen LogP contribution in [0.4, 0.5) is 11.5 Å². The SMILES string of the molecule is COc1nn2c(c1[N+](=O)[O-])NCOCC2. The van der Waals surface area contributed by atoms with Gasteiger partial charge in [-0.05, 0) is 0 Å². The summed E-state index contributed by atoms with van der Waals surface area (Å²) in [4.78, 5) is 10.3. The average Bonchev–Trinajstić information content (AvgIpc) is 2.42. The smallest absolute Gasteiger partial charge is 0.373 e. The minimum absolute atomic E-state index is 0.0180. The molecule has 0 amide bonds. The van der Waals surface area contributed by atoms with Crippen LogP contribution >= 0.6 is 0 Å². The molecule has 0 aromatic carbocycles. The molecule has 1 aliphatic rings. The molecule has 0 bridgehead atoms. The maximum absolute atomic E-state index is 10.8. The van der Waals surface area contributed by atoms with E-state index >= 15 is 0 Å². The number of fused-ring (bicyclic) bond motifs is 1. The minimum Gasteiger partial charge on any atom is -0.475 e. The Morgan fingerprint density at radius 1 is 1.73 bits per heavy atom. The van der Waals surface area contributed by atoms with Crippen molar-refractivity contribution in [3.05, 3.63) is 10.1 Å². The molecule has 82 valence electrons. The van der Waals surface area contributed by atoms with Gasteiger partial charge in [0.05, 0.1) is 25.2 Å². The van der Waals surface area contributed by atoms with Crippen molar-refractivity contribution in [2.75, 3.05) is 25.8 Å². The number of nitrogens with one attached hydrogen (secondary N) is 1. The zero-order valence-electron chi connectivity index (χ0n) is 8.10. The summed E-state index contributed by atoms with van der Waals surface area (Å²) < 4.78 is 11.4. The second kappa shape index (κ2) is 3.73. The molecule has 0 saturated carbocycles. The highest BCUT2D eigenvalue weighted by atomic mass is 16.6. The third-order valence-electron chi connectivity index (χ3n) is 2.06. The van der Waals surface area contributed by atoms with E-state index in [2.05, 4.69) is 10.4 Å². The molecule has 15 heavy (non-hydrogen) atoms. The van der Waals surface area contributed by atoms with Gasteiger partial charge >= 0.3 is 11.6 Å². The van der Waals surface area contributed by atoms with E-state index in [1.54, 1.807) is 0 Å². The maximum atomic E-state index is 10.8. The second-order valence-corrected chi connectivity index (χ2v) is 2.92. The first-order chi connectivity index (χ1) is 7.24. The van der Waals surface area contributed by atoms with E-state index < -0.39 is 4.92 Å². The van der Waals surface area contributed by atoms with Crippen LogP contribution in [0, 0.1) is 10.1 Å². The van der Waals surface area contributed by atoms with E-state index in [0.29, 0.717) is 19.0 Å². The van der Waals surface area contributed by atoms with Crippen molar-refractivity contribution >= 4 is 11.5 Å². The highest BCUT2D eigenvalue weighted by molar-refractivity contribution is 5.63. The number of hydrogen-bond acceptors (Lipinski definition) is 6. The van der Waals surface area contributed by atoms with E-state index in [9.17, 15) is 10.1 Å². The van der Waals surface area contributed by atoms with Crippen molar-refractivity contribution < 1.29 is 14.4 Å². The second-order valence-electron chi connectivity index (χ2n) is 2.92. The molecule has 0 atom stereocenters. The molecule has 2 heterocycles. The van der Waals surface area contributed by atoms with Crippen LogP contribution < -0.4 is 10.1 Å². The third kappa shape index (κ3) is 1.59. The van der Waals surface area contributed by atoms with Gasteiger partial charge in [0.2, 0.25) is 5.82 Å². The molecular weight excluding hydrogens is 204 g/mol. The predicted molar refractivity (Wildman–Crippen MR) is 49.9 cm³/mol. The lowest BCUT2D eigenvalue weighted by Crippen LogP contribution is -2.05. The Balaban J connectivity index is 2.49. The van der Waals surface area contributed by atoms with Crippen molar-refractivity contribution in [2.24, 2.45) is 0 Å². The Morgan fingerprint density at radius 3 is 3.20 bits per heavy atom. The van der Waals surface area contributed by atoms with Crippen LogP contribution in [0.25, 0.3) is 0 Å². The molecular formula is C7H10N4O4. The molecule has 0 fully saturated rings. The monoisotopic (exact) mass is 214 g/mol. The number of hydrogen-bond donors (Lipinski definition) is 1. The van der Waals surface area contributed by atoms with E-state index in [-0.39, 0.29) is 18.3 Å². The summed E-state index contributed by atoms with van der Waals surface area (Å²) in [5, 5.41) is 17.6. The van der Waals surface area contributed by atoms with Crippen LogP contribution in [-0.2, 0) is 11.3 Å². The largest absolute Gasteiger partial charge is 0.475 e. The quantitative estimate of drug-likeness (QED) is 0.558. The summed E-state index contributed by atoms with van der Waals surface area (Å²) >= 11 is 0. The summed E-state index contributed by atoms with van der Waals surface area (Å²) in [5.74, 6) is 0.346. The van der Waals surface area contributed by atoms with Gasteiger partial charge in [-0.2, -0.15) is 0 Å². The average molecular weight is 214 g/mol. The number of aromatic nitrogens is 2. The van der Waals surface area contributed by atoms with Gasteiger partial charge in [-0.1, -0.05) is 0 Å². The maximum Gasteiger partial charge on any atom is 0.373 e. The van der Waals surface area contributed by atoms with Crippen molar-refractivity contribution in [2.45, 2.75) is 6.54 Å². The van der Waals surface area contributed by atoms with Crippen LogP contribution in [0.1, 0.15) is 0 Å². The normalized spacial score (nSPS) is 15.0. The van der Waals surface area contributed by atoms with Gasteiger partial charge < -0.3 is 14.8 Å². The fourth-order valence-electron chi connectivity index (χ4n) is 1.41. The molecule has 8 heteroatoms. The van der Waals surface area contributed by atoms with Gasteiger partial charge in [0, 0.05) is 0 Å². The Hall–Kier alpha value is -1.83. The Kier molecular flexibility index (Phi) is 2.42. The zero-order chi connectivity index (χ0) is 10.8. The lowest BCUT2D eigenvalue weighted by Gasteiger charge is -2.00. The van der Waals surface area contributed by atoms with Crippen molar-refractivity contribution in [3.63, 3.8) is 0 Å². The Bertz CT molecular complexity index is 389. The predicted octanol–water partition coefficient (Wildman–Crippen LogP) is 0.199. The van der Waals surface area contributed by atoms with Gasteiger partial charge in [-0.3, -0.25) is 10.1 Å². The number of anilines is 1. The molecule has 1 aliphatic heterocycles. The van der Waals surface area contributed by atoms with Gasteiger partial charge in [-0.15, -0.1) is 5.10 Å². The van der Waals surface area contributed by atoms with E-state index in [4.69, 9.17) is 9.47 Å². The molecule has 0 radical (unpaired) electrons. The molecule has 1 N–H and O–H groups in total. The number of rotatable bonds is 2. The molecule has 1 aromatic rings. The summed E-state index contributed by atoms with van der Waals surface area (Å²) in [6.45, 7) is 1.16. The highest BCUT2D eigenvalue weighted by Crippen LogP contribution is 2.34. The first kappa shape index (κ1) is 9.71. The van der Waals surface area contributed by atoms with Gasteiger partial charge in [0.25, 0.3) is 0 Å². The summed E-state index contributed by atoms with van der Waals surface area (Å²) in [6, 6.07) is 0. The van der Waals surface area contributed by atoms with Crippen LogP contribution in [0.3, 0.4) is 0 Å². The third-order valence-corrected chi connectivity index (χ3v) is 2.06. The molecule has 1 aromatic heterocycles. The first-order valence-corrected chi connectivity index (χ1v) is 4.35. The Morgan fingerprint density at radius 2 is 2.53 bits per heavy atom. The fraction of sp³-hybridized carbons (Fsp3) is 0.571. The van der Waals surface area contributed by atoms with E-state index in [0.717, 1.165) is 0 Å². The fourth-order valence-corrected chi connectivity index (χ4v) is 1.41. The summed E-state index contributed by atoms with van der Waals surface area (Å²) in [7, 11) is 1.35. The molecule has 0 aliphatic carbocycles. The van der Waals surface area contributed by atoms with E-state index in [1.165, 1.54) is 11.8 Å². The van der Waals surface area contributed by atoms with Crippen LogP contribution in [0.2, 0.25) is 0 Å². The van der Waals surface area contributed by atoms with Crippen molar-refractivity contribution in [3.8, 4) is 5.88 Å². The van der Waals surface area contributed by atoms with Gasteiger partial charge in [-0.25, -0.2) is 4.68 Å². The van der Waals surface area contributed by atoms with Crippen molar-refractivity contribution in [1.82, 2.24) is 9.78 Å². The number of methoxy groups -OCH3 is 1. The first-order valence-electron chi connectivity index (χ1n) is 4.35. The summed E-state index contributed by atoms with van der Waals surface area (Å²) in [5.41, 5.74) is -0.150. The Labute approximate surface area is 84.9 Å². The molecule has 8 nitrogen and oxygen atoms in total. The van der Waals surface area contributed by atoms with Crippen molar-refractivity contribution in [1.29, 1.82) is 0 Å². The molecule has 0 saturated heterocycles. The number of nitro groups is 1. The van der Waals surface area contributed by atoms with Gasteiger partial charge in [0.15, 0.2) is 0 Å². The standard InChI is InChI=1S/C7H10N4O4/c1-14-7-5(11(12)13)6-8-4-15-3-2-10(6)9-7/h8H,2-4H2,1H3. The molecule has 2 rings (SSSR count). The van der Waals surface area contributed by atoms with Crippen LogP contribution in [0.15, 0.2) is 0 Å².